The average molecular weight is 328 g/mol. The Bertz CT molecular complexity index is 439. The topological polar surface area (TPSA) is 12.0 Å². The van der Waals surface area contributed by atoms with Crippen molar-refractivity contribution in [2.45, 2.75) is 70.9 Å². The maximum atomic E-state index is 6.15. The van der Waals surface area contributed by atoms with Gasteiger partial charge >= 0.3 is 0 Å². The molecule has 1 atom stereocenters. The van der Waals surface area contributed by atoms with Crippen LogP contribution in [0.2, 0.25) is 10.0 Å². The van der Waals surface area contributed by atoms with Crippen LogP contribution in [0.1, 0.15) is 70.4 Å². The summed E-state index contributed by atoms with van der Waals surface area (Å²) in [4.78, 5) is 0. The Hall–Kier alpha value is -0.240. The molecule has 1 nitrogen and oxygen atoms in total. The van der Waals surface area contributed by atoms with E-state index in [2.05, 4.69) is 25.2 Å². The number of halogens is 2. The van der Waals surface area contributed by atoms with Gasteiger partial charge in [-0.2, -0.15) is 0 Å². The van der Waals surface area contributed by atoms with Crippen molar-refractivity contribution >= 4 is 23.2 Å². The molecule has 1 unspecified atom stereocenters. The quantitative estimate of drug-likeness (QED) is 0.637. The Morgan fingerprint density at radius 3 is 2.38 bits per heavy atom. The van der Waals surface area contributed by atoms with E-state index < -0.39 is 0 Å². The van der Waals surface area contributed by atoms with Crippen molar-refractivity contribution in [1.82, 2.24) is 5.32 Å². The Kier molecular flexibility index (Phi) is 6.85. The van der Waals surface area contributed by atoms with Crippen molar-refractivity contribution < 1.29 is 0 Å². The first kappa shape index (κ1) is 17.1. The standard InChI is InChI=1S/C18H27Cl2N/c1-3-5-13-6-9-15(10-7-13)21-18(4-2)14-8-11-16(19)17(20)12-14/h8,11-13,15,18,21H,3-7,9-10H2,1-2H3. The highest BCUT2D eigenvalue weighted by Crippen LogP contribution is 2.31. The molecule has 1 aromatic carbocycles. The number of nitrogens with one attached hydrogen (secondary N) is 1. The highest BCUT2D eigenvalue weighted by atomic mass is 35.5. The normalized spacial score (nSPS) is 24.0. The SMILES string of the molecule is CCCC1CCC(NC(CC)c2ccc(Cl)c(Cl)c2)CC1. The van der Waals surface area contributed by atoms with Crippen LogP contribution in [0.5, 0.6) is 0 Å². The van der Waals surface area contributed by atoms with Gasteiger partial charge in [-0.05, 0) is 55.7 Å². The van der Waals surface area contributed by atoms with Crippen LogP contribution in [0.25, 0.3) is 0 Å². The molecule has 0 radical (unpaired) electrons. The van der Waals surface area contributed by atoms with Gasteiger partial charge in [0.1, 0.15) is 0 Å². The number of rotatable bonds is 6. The summed E-state index contributed by atoms with van der Waals surface area (Å²) in [5, 5.41) is 5.12. The molecule has 1 saturated carbocycles. The molecule has 0 amide bonds. The molecule has 0 heterocycles. The van der Waals surface area contributed by atoms with Crippen LogP contribution in [0, 0.1) is 5.92 Å². The summed E-state index contributed by atoms with van der Waals surface area (Å²) in [6.45, 7) is 4.52. The molecule has 1 aromatic rings. The van der Waals surface area contributed by atoms with Gasteiger partial charge in [-0.25, -0.2) is 0 Å². The van der Waals surface area contributed by atoms with E-state index in [9.17, 15) is 0 Å². The van der Waals surface area contributed by atoms with Gasteiger partial charge in [-0.1, -0.05) is 56.0 Å². The third kappa shape index (κ3) is 4.87. The lowest BCUT2D eigenvalue weighted by Gasteiger charge is -2.32. The summed E-state index contributed by atoms with van der Waals surface area (Å²) in [6, 6.07) is 7.04. The molecule has 1 N–H and O–H groups in total. The van der Waals surface area contributed by atoms with Crippen molar-refractivity contribution in [1.29, 1.82) is 0 Å². The molecule has 0 aliphatic heterocycles. The van der Waals surface area contributed by atoms with E-state index in [-0.39, 0.29) is 0 Å². The van der Waals surface area contributed by atoms with Gasteiger partial charge in [0.15, 0.2) is 0 Å². The maximum Gasteiger partial charge on any atom is 0.0595 e. The van der Waals surface area contributed by atoms with Crippen LogP contribution in [0.15, 0.2) is 18.2 Å². The highest BCUT2D eigenvalue weighted by molar-refractivity contribution is 6.42. The van der Waals surface area contributed by atoms with Crippen LogP contribution in [-0.4, -0.2) is 6.04 Å². The summed E-state index contributed by atoms with van der Waals surface area (Å²) in [7, 11) is 0. The summed E-state index contributed by atoms with van der Waals surface area (Å²) in [6.07, 6.45) is 9.17. The van der Waals surface area contributed by atoms with Crippen molar-refractivity contribution in [3.8, 4) is 0 Å². The monoisotopic (exact) mass is 327 g/mol. The van der Waals surface area contributed by atoms with Gasteiger partial charge in [0.25, 0.3) is 0 Å². The molecule has 1 aliphatic rings. The molecule has 21 heavy (non-hydrogen) atoms. The molecule has 1 fully saturated rings. The lowest BCUT2D eigenvalue weighted by Crippen LogP contribution is -2.35. The number of hydrogen-bond donors (Lipinski definition) is 1. The molecule has 1 aliphatic carbocycles. The minimum Gasteiger partial charge on any atom is -0.307 e. The van der Waals surface area contributed by atoms with Gasteiger partial charge in [0.2, 0.25) is 0 Å². The van der Waals surface area contributed by atoms with E-state index >= 15 is 0 Å². The third-order valence-electron chi connectivity index (χ3n) is 4.73. The minimum atomic E-state index is 0.382. The summed E-state index contributed by atoms with van der Waals surface area (Å²) in [5.74, 6) is 0.957. The van der Waals surface area contributed by atoms with E-state index in [4.69, 9.17) is 23.2 Å². The number of benzene rings is 1. The molecule has 0 aromatic heterocycles. The first-order valence-electron chi connectivity index (χ1n) is 8.35. The Morgan fingerprint density at radius 2 is 1.81 bits per heavy atom. The van der Waals surface area contributed by atoms with Crippen molar-refractivity contribution in [3.63, 3.8) is 0 Å². The highest BCUT2D eigenvalue weighted by Gasteiger charge is 2.23. The van der Waals surface area contributed by atoms with E-state index in [1.54, 1.807) is 0 Å². The first-order valence-corrected chi connectivity index (χ1v) is 9.10. The molecule has 3 heteroatoms. The van der Waals surface area contributed by atoms with Gasteiger partial charge in [0.05, 0.1) is 10.0 Å². The lowest BCUT2D eigenvalue weighted by atomic mass is 9.83. The van der Waals surface area contributed by atoms with Gasteiger partial charge in [0, 0.05) is 12.1 Å². The molecule has 0 spiro atoms. The molecule has 118 valence electrons. The fourth-order valence-electron chi connectivity index (χ4n) is 3.49. The third-order valence-corrected chi connectivity index (χ3v) is 5.47. The van der Waals surface area contributed by atoms with E-state index in [0.717, 1.165) is 12.3 Å². The Labute approximate surface area is 139 Å². The van der Waals surface area contributed by atoms with Gasteiger partial charge in [-0.3, -0.25) is 0 Å². The van der Waals surface area contributed by atoms with Crippen molar-refractivity contribution in [2.75, 3.05) is 0 Å². The smallest absolute Gasteiger partial charge is 0.0595 e. The molecule has 0 saturated heterocycles. The summed E-state index contributed by atoms with van der Waals surface area (Å²) in [5.41, 5.74) is 1.25. The van der Waals surface area contributed by atoms with Gasteiger partial charge in [-0.15, -0.1) is 0 Å². The second kappa shape index (κ2) is 8.41. The molecule has 0 bridgehead atoms. The lowest BCUT2D eigenvalue weighted by molar-refractivity contribution is 0.261. The van der Waals surface area contributed by atoms with Crippen LogP contribution in [0.3, 0.4) is 0 Å². The average Bonchev–Trinajstić information content (AvgIpc) is 2.50. The molecule has 2 rings (SSSR count). The fourth-order valence-corrected chi connectivity index (χ4v) is 3.80. The van der Waals surface area contributed by atoms with E-state index in [1.807, 2.05) is 12.1 Å². The second-order valence-electron chi connectivity index (χ2n) is 6.31. The summed E-state index contributed by atoms with van der Waals surface area (Å²) < 4.78 is 0. The summed E-state index contributed by atoms with van der Waals surface area (Å²) >= 11 is 12.2. The fraction of sp³-hybridized carbons (Fsp3) is 0.667. The van der Waals surface area contributed by atoms with Crippen molar-refractivity contribution in [2.24, 2.45) is 5.92 Å². The predicted molar refractivity (Wildman–Crippen MR) is 93.3 cm³/mol. The second-order valence-corrected chi connectivity index (χ2v) is 7.12. The Morgan fingerprint density at radius 1 is 1.10 bits per heavy atom. The zero-order valence-electron chi connectivity index (χ0n) is 13.2. The maximum absolute atomic E-state index is 6.15. The minimum absolute atomic E-state index is 0.382. The predicted octanol–water partition coefficient (Wildman–Crippen LogP) is 6.39. The van der Waals surface area contributed by atoms with Crippen LogP contribution >= 0.6 is 23.2 Å². The molecular formula is C18H27Cl2N. The first-order chi connectivity index (χ1) is 10.1. The van der Waals surface area contributed by atoms with Crippen LogP contribution in [0.4, 0.5) is 0 Å². The molecular weight excluding hydrogens is 301 g/mol. The Balaban J connectivity index is 1.92. The largest absolute Gasteiger partial charge is 0.307 e. The van der Waals surface area contributed by atoms with Crippen LogP contribution < -0.4 is 5.32 Å². The van der Waals surface area contributed by atoms with Crippen LogP contribution in [-0.2, 0) is 0 Å². The van der Waals surface area contributed by atoms with Gasteiger partial charge < -0.3 is 5.32 Å². The van der Waals surface area contributed by atoms with E-state index in [0.29, 0.717) is 22.1 Å². The van der Waals surface area contributed by atoms with Crippen molar-refractivity contribution in [3.05, 3.63) is 33.8 Å². The zero-order valence-corrected chi connectivity index (χ0v) is 14.7. The number of hydrogen-bond acceptors (Lipinski definition) is 1. The van der Waals surface area contributed by atoms with E-state index in [1.165, 1.54) is 44.1 Å². The zero-order chi connectivity index (χ0) is 15.2.